The lowest BCUT2D eigenvalue weighted by Gasteiger charge is -2.33. The van der Waals surface area contributed by atoms with Gasteiger partial charge >= 0.3 is 0 Å². The molecule has 2 aliphatic rings. The molecule has 1 aromatic carbocycles. The fourth-order valence-electron chi connectivity index (χ4n) is 3.03. The molecule has 1 saturated heterocycles. The van der Waals surface area contributed by atoms with Gasteiger partial charge in [-0.05, 0) is 17.7 Å². The molecule has 6 nitrogen and oxygen atoms in total. The molecule has 0 radical (unpaired) electrons. The van der Waals surface area contributed by atoms with Crippen molar-refractivity contribution in [2.75, 3.05) is 39.5 Å². The molecule has 128 valence electrons. The third kappa shape index (κ3) is 3.39. The van der Waals surface area contributed by atoms with Gasteiger partial charge in [0.05, 0.1) is 12.7 Å². The fourth-order valence-corrected chi connectivity index (χ4v) is 3.71. The number of thiazole rings is 1. The van der Waals surface area contributed by atoms with Crippen LogP contribution in [0.1, 0.15) is 22.8 Å². The molecule has 0 aliphatic carbocycles. The first kappa shape index (κ1) is 15.8. The van der Waals surface area contributed by atoms with Gasteiger partial charge in [-0.1, -0.05) is 6.07 Å². The Labute approximate surface area is 144 Å². The summed E-state index contributed by atoms with van der Waals surface area (Å²) in [5.74, 6) is 1.45. The topological polar surface area (TPSA) is 64.1 Å². The van der Waals surface area contributed by atoms with Gasteiger partial charge in [0, 0.05) is 31.2 Å². The third-order valence-electron chi connectivity index (χ3n) is 4.26. The van der Waals surface area contributed by atoms with Crippen LogP contribution in [0.3, 0.4) is 0 Å². The third-order valence-corrected chi connectivity index (χ3v) is 5.13. The second kappa shape index (κ2) is 7.06. The average Bonchev–Trinajstić information content (AvgIpc) is 3.16. The van der Waals surface area contributed by atoms with Crippen molar-refractivity contribution in [3.05, 3.63) is 40.3 Å². The molecule has 2 atom stereocenters. The number of ether oxygens (including phenoxy) is 3. The van der Waals surface area contributed by atoms with Crippen molar-refractivity contribution in [1.82, 2.24) is 9.88 Å². The molecule has 2 aliphatic heterocycles. The van der Waals surface area contributed by atoms with E-state index in [1.54, 1.807) is 17.5 Å². The number of aliphatic hydroxyl groups is 1. The van der Waals surface area contributed by atoms with Crippen LogP contribution >= 0.6 is 11.3 Å². The Hall–Kier alpha value is -1.67. The van der Waals surface area contributed by atoms with Gasteiger partial charge in [-0.3, -0.25) is 4.90 Å². The monoisotopic (exact) mass is 348 g/mol. The van der Waals surface area contributed by atoms with E-state index in [1.165, 1.54) is 0 Å². The number of rotatable bonds is 4. The van der Waals surface area contributed by atoms with Crippen molar-refractivity contribution in [3.63, 3.8) is 0 Å². The van der Waals surface area contributed by atoms with E-state index in [-0.39, 0.29) is 6.10 Å². The Morgan fingerprint density at radius 2 is 2.12 bits per heavy atom. The molecule has 1 fully saturated rings. The predicted octanol–water partition coefficient (Wildman–Crippen LogP) is 2.02. The largest absolute Gasteiger partial charge is 0.486 e. The van der Waals surface area contributed by atoms with Crippen molar-refractivity contribution in [2.45, 2.75) is 12.2 Å². The molecule has 3 heterocycles. The summed E-state index contributed by atoms with van der Waals surface area (Å²) in [5.41, 5.74) is 0.844. The highest BCUT2D eigenvalue weighted by atomic mass is 32.1. The van der Waals surface area contributed by atoms with E-state index in [9.17, 15) is 5.11 Å². The van der Waals surface area contributed by atoms with Crippen LogP contribution < -0.4 is 9.47 Å². The zero-order chi connectivity index (χ0) is 16.4. The molecule has 2 aromatic rings. The minimum Gasteiger partial charge on any atom is -0.486 e. The van der Waals surface area contributed by atoms with Gasteiger partial charge in [0.15, 0.2) is 11.5 Å². The van der Waals surface area contributed by atoms with Crippen LogP contribution in [0.4, 0.5) is 0 Å². The molecule has 24 heavy (non-hydrogen) atoms. The summed E-state index contributed by atoms with van der Waals surface area (Å²) in [7, 11) is 0. The van der Waals surface area contributed by atoms with Gasteiger partial charge in [-0.25, -0.2) is 4.98 Å². The number of fused-ring (bicyclic) bond motifs is 1. The Balaban J connectivity index is 1.41. The van der Waals surface area contributed by atoms with E-state index in [0.717, 1.165) is 29.4 Å². The van der Waals surface area contributed by atoms with E-state index in [2.05, 4.69) is 9.88 Å². The number of benzene rings is 1. The van der Waals surface area contributed by atoms with Gasteiger partial charge in [-0.15, -0.1) is 11.3 Å². The molecule has 0 bridgehead atoms. The standard InChI is InChI=1S/C17H20N2O4S/c20-13(12-1-2-14-15(9-12)23-7-6-22-14)10-19-4-5-21-16(11-19)17-18-3-8-24-17/h1-3,8-9,13,16,20H,4-7,10-11H2/t13-,16-/m1/s1. The summed E-state index contributed by atoms with van der Waals surface area (Å²) in [4.78, 5) is 6.55. The zero-order valence-electron chi connectivity index (χ0n) is 13.3. The number of hydrogen-bond donors (Lipinski definition) is 1. The SMILES string of the molecule is O[C@H](CN1CCO[C@@H](c2nccs2)C1)c1ccc2c(c1)OCCO2. The Morgan fingerprint density at radius 1 is 1.25 bits per heavy atom. The van der Waals surface area contributed by atoms with Gasteiger partial charge < -0.3 is 19.3 Å². The van der Waals surface area contributed by atoms with Crippen LogP contribution in [0, 0.1) is 0 Å². The molecule has 1 aromatic heterocycles. The van der Waals surface area contributed by atoms with Gasteiger partial charge in [0.2, 0.25) is 0 Å². The van der Waals surface area contributed by atoms with Crippen LogP contribution in [0.25, 0.3) is 0 Å². The maximum absolute atomic E-state index is 10.6. The minimum atomic E-state index is -0.573. The maximum atomic E-state index is 10.6. The number of aliphatic hydroxyl groups excluding tert-OH is 1. The van der Waals surface area contributed by atoms with E-state index in [0.29, 0.717) is 32.1 Å². The predicted molar refractivity (Wildman–Crippen MR) is 89.6 cm³/mol. The number of aromatic nitrogens is 1. The number of hydrogen-bond acceptors (Lipinski definition) is 7. The summed E-state index contributed by atoms with van der Waals surface area (Å²) in [6.07, 6.45) is 1.22. The van der Waals surface area contributed by atoms with Gasteiger partial charge in [0.1, 0.15) is 24.3 Å². The quantitative estimate of drug-likeness (QED) is 0.912. The lowest BCUT2D eigenvalue weighted by molar-refractivity contribution is -0.0425. The van der Waals surface area contributed by atoms with Crippen molar-refractivity contribution < 1.29 is 19.3 Å². The van der Waals surface area contributed by atoms with E-state index in [4.69, 9.17) is 14.2 Å². The molecule has 0 unspecified atom stereocenters. The van der Waals surface area contributed by atoms with E-state index in [1.807, 2.05) is 23.6 Å². The highest BCUT2D eigenvalue weighted by Crippen LogP contribution is 2.33. The molecule has 0 saturated carbocycles. The molecular weight excluding hydrogens is 328 g/mol. The molecule has 0 amide bonds. The van der Waals surface area contributed by atoms with Gasteiger partial charge in [-0.2, -0.15) is 0 Å². The lowest BCUT2D eigenvalue weighted by atomic mass is 10.1. The van der Waals surface area contributed by atoms with Crippen LogP contribution in [-0.4, -0.2) is 54.4 Å². The van der Waals surface area contributed by atoms with Crippen LogP contribution in [0.15, 0.2) is 29.8 Å². The molecule has 0 spiro atoms. The maximum Gasteiger partial charge on any atom is 0.161 e. The summed E-state index contributed by atoms with van der Waals surface area (Å²) in [6.45, 7) is 3.88. The normalized spacial score (nSPS) is 22.3. The smallest absolute Gasteiger partial charge is 0.161 e. The minimum absolute atomic E-state index is 0.00813. The fraction of sp³-hybridized carbons (Fsp3) is 0.471. The highest BCUT2D eigenvalue weighted by Gasteiger charge is 2.26. The Kier molecular flexibility index (Phi) is 4.66. The summed E-state index contributed by atoms with van der Waals surface area (Å²) >= 11 is 1.61. The summed E-state index contributed by atoms with van der Waals surface area (Å²) in [6, 6.07) is 5.64. The molecule has 7 heteroatoms. The summed E-state index contributed by atoms with van der Waals surface area (Å²) in [5, 5.41) is 13.6. The van der Waals surface area contributed by atoms with Crippen LogP contribution in [-0.2, 0) is 4.74 Å². The first-order valence-electron chi connectivity index (χ1n) is 8.10. The lowest BCUT2D eigenvalue weighted by Crippen LogP contribution is -2.40. The highest BCUT2D eigenvalue weighted by molar-refractivity contribution is 7.09. The van der Waals surface area contributed by atoms with Gasteiger partial charge in [0.25, 0.3) is 0 Å². The Bertz CT molecular complexity index is 679. The van der Waals surface area contributed by atoms with E-state index < -0.39 is 6.10 Å². The van der Waals surface area contributed by atoms with E-state index >= 15 is 0 Å². The molecular formula is C17H20N2O4S. The van der Waals surface area contributed by atoms with Crippen molar-refractivity contribution in [3.8, 4) is 11.5 Å². The van der Waals surface area contributed by atoms with Crippen molar-refractivity contribution in [1.29, 1.82) is 0 Å². The molecule has 1 N–H and O–H groups in total. The van der Waals surface area contributed by atoms with Crippen molar-refractivity contribution in [2.24, 2.45) is 0 Å². The Morgan fingerprint density at radius 3 is 2.96 bits per heavy atom. The number of morpholine rings is 1. The second-order valence-electron chi connectivity index (χ2n) is 5.91. The number of β-amino-alcohol motifs (C(OH)–C–C–N with tert-alkyl or cyclic N) is 1. The first-order valence-corrected chi connectivity index (χ1v) is 8.98. The average molecular weight is 348 g/mol. The van der Waals surface area contributed by atoms with Crippen LogP contribution in [0.5, 0.6) is 11.5 Å². The summed E-state index contributed by atoms with van der Waals surface area (Å²) < 4.78 is 16.9. The first-order chi connectivity index (χ1) is 11.8. The second-order valence-corrected chi connectivity index (χ2v) is 6.83. The zero-order valence-corrected chi connectivity index (χ0v) is 14.1. The van der Waals surface area contributed by atoms with Crippen molar-refractivity contribution >= 4 is 11.3 Å². The molecule has 4 rings (SSSR count). The number of nitrogens with zero attached hydrogens (tertiary/aromatic N) is 2. The van der Waals surface area contributed by atoms with Crippen LogP contribution in [0.2, 0.25) is 0 Å².